The van der Waals surface area contributed by atoms with Crippen LogP contribution in [0.1, 0.15) is 39.5 Å². The van der Waals surface area contributed by atoms with Crippen molar-refractivity contribution in [3.8, 4) is 0 Å². The Morgan fingerprint density at radius 3 is 1.88 bits per heavy atom. The van der Waals surface area contributed by atoms with Crippen molar-refractivity contribution in [3.05, 3.63) is 29.8 Å². The van der Waals surface area contributed by atoms with E-state index >= 15 is 0 Å². The Kier molecular flexibility index (Phi) is 4.31. The Bertz CT molecular complexity index is 586. The molecule has 3 saturated heterocycles. The first kappa shape index (κ1) is 17.3. The van der Waals surface area contributed by atoms with E-state index in [1.807, 2.05) is 0 Å². The number of nitrogens with zero attached hydrogens (tertiary/aromatic N) is 2. The van der Waals surface area contributed by atoms with E-state index in [2.05, 4.69) is 61.8 Å². The highest BCUT2D eigenvalue weighted by molar-refractivity contribution is 5.48. The van der Waals surface area contributed by atoms with Crippen molar-refractivity contribution >= 4 is 5.69 Å². The minimum Gasteiger partial charge on any atom is -0.378 e. The molecule has 0 saturated carbocycles. The lowest BCUT2D eigenvalue weighted by Crippen LogP contribution is -2.56. The molecule has 4 rings (SSSR count). The second kappa shape index (κ2) is 6.23. The molecule has 138 valence electrons. The first-order valence-electron chi connectivity index (χ1n) is 9.38. The van der Waals surface area contributed by atoms with Crippen molar-refractivity contribution in [2.24, 2.45) is 0 Å². The van der Waals surface area contributed by atoms with Gasteiger partial charge in [-0.05, 0) is 39.8 Å². The molecular weight excluding hydrogens is 316 g/mol. The molecule has 0 aromatic heterocycles. The van der Waals surface area contributed by atoms with Crippen LogP contribution in [0, 0.1) is 0 Å². The molecule has 0 bridgehead atoms. The van der Waals surface area contributed by atoms with Crippen molar-refractivity contribution in [3.63, 3.8) is 0 Å². The van der Waals surface area contributed by atoms with Crippen LogP contribution in [0.4, 0.5) is 5.69 Å². The van der Waals surface area contributed by atoms with E-state index in [-0.39, 0.29) is 17.5 Å². The highest BCUT2D eigenvalue weighted by Crippen LogP contribution is 2.44. The molecule has 3 aliphatic rings. The first-order chi connectivity index (χ1) is 11.9. The molecule has 25 heavy (non-hydrogen) atoms. The fourth-order valence-corrected chi connectivity index (χ4v) is 3.60. The Labute approximate surface area is 150 Å². The van der Waals surface area contributed by atoms with E-state index < -0.39 is 0 Å². The molecule has 3 aliphatic heterocycles. The minimum atomic E-state index is -0.294. The highest BCUT2D eigenvalue weighted by Gasteiger charge is 2.49. The van der Waals surface area contributed by atoms with Gasteiger partial charge in [0, 0.05) is 37.4 Å². The van der Waals surface area contributed by atoms with Gasteiger partial charge in [-0.2, -0.15) is 0 Å². The molecule has 0 unspecified atom stereocenters. The van der Waals surface area contributed by atoms with Gasteiger partial charge in [-0.1, -0.05) is 12.1 Å². The summed E-state index contributed by atoms with van der Waals surface area (Å²) in [4.78, 5) is 5.02. The number of hydrogen-bond acceptors (Lipinski definition) is 5. The van der Waals surface area contributed by atoms with Gasteiger partial charge < -0.3 is 19.1 Å². The van der Waals surface area contributed by atoms with Crippen LogP contribution in [0.15, 0.2) is 24.3 Å². The Hall–Kier alpha value is -1.14. The number of ether oxygens (including phenoxy) is 3. The van der Waals surface area contributed by atoms with Crippen LogP contribution in [-0.2, 0) is 14.2 Å². The molecule has 3 heterocycles. The predicted molar refractivity (Wildman–Crippen MR) is 97.9 cm³/mol. The van der Waals surface area contributed by atoms with Crippen LogP contribution in [0.2, 0.25) is 0 Å². The maximum atomic E-state index is 6.14. The second-order valence-corrected chi connectivity index (χ2v) is 8.39. The SMILES string of the molecule is CC1(C)OC(c2ccc(N3CCN(C4COC4)CC3)cc2)OC1(C)C. The zero-order chi connectivity index (χ0) is 17.7. The van der Waals surface area contributed by atoms with E-state index in [0.29, 0.717) is 6.04 Å². The Morgan fingerprint density at radius 1 is 0.840 bits per heavy atom. The third-order valence-electron chi connectivity index (χ3n) is 6.23. The van der Waals surface area contributed by atoms with Crippen molar-refractivity contribution < 1.29 is 14.2 Å². The van der Waals surface area contributed by atoms with Gasteiger partial charge in [-0.3, -0.25) is 4.90 Å². The molecule has 0 spiro atoms. The molecule has 0 aliphatic carbocycles. The van der Waals surface area contributed by atoms with Crippen molar-refractivity contribution in [1.82, 2.24) is 4.90 Å². The fourth-order valence-electron chi connectivity index (χ4n) is 3.60. The first-order valence-corrected chi connectivity index (χ1v) is 9.38. The van der Waals surface area contributed by atoms with Gasteiger partial charge in [-0.15, -0.1) is 0 Å². The summed E-state index contributed by atoms with van der Waals surface area (Å²) in [5.41, 5.74) is 1.79. The van der Waals surface area contributed by atoms with Crippen LogP contribution in [0.3, 0.4) is 0 Å². The molecule has 0 atom stereocenters. The van der Waals surface area contributed by atoms with Gasteiger partial charge in [0.1, 0.15) is 0 Å². The number of piperazine rings is 1. The summed E-state index contributed by atoms with van der Waals surface area (Å²) in [6.45, 7) is 14.6. The lowest BCUT2D eigenvalue weighted by atomic mass is 9.90. The van der Waals surface area contributed by atoms with Gasteiger partial charge in [0.2, 0.25) is 0 Å². The quantitative estimate of drug-likeness (QED) is 0.841. The Morgan fingerprint density at radius 2 is 1.40 bits per heavy atom. The van der Waals surface area contributed by atoms with Crippen LogP contribution in [-0.4, -0.2) is 61.5 Å². The minimum absolute atomic E-state index is 0.283. The second-order valence-electron chi connectivity index (χ2n) is 8.39. The normalized spacial score (nSPS) is 27.4. The predicted octanol–water partition coefficient (Wildman–Crippen LogP) is 2.81. The van der Waals surface area contributed by atoms with E-state index in [0.717, 1.165) is 45.0 Å². The number of benzene rings is 1. The summed E-state index contributed by atoms with van der Waals surface area (Å²) in [5.74, 6) is 0. The van der Waals surface area contributed by atoms with Crippen LogP contribution < -0.4 is 4.90 Å². The molecular formula is C20H30N2O3. The monoisotopic (exact) mass is 346 g/mol. The largest absolute Gasteiger partial charge is 0.378 e. The van der Waals surface area contributed by atoms with Crippen molar-refractivity contribution in [1.29, 1.82) is 0 Å². The molecule has 5 heteroatoms. The Balaban J connectivity index is 1.38. The topological polar surface area (TPSA) is 34.2 Å². The average Bonchev–Trinajstić information content (AvgIpc) is 2.75. The summed E-state index contributed by atoms with van der Waals surface area (Å²) in [6, 6.07) is 9.33. The van der Waals surface area contributed by atoms with Gasteiger partial charge in [0.15, 0.2) is 6.29 Å². The molecule has 0 N–H and O–H groups in total. The van der Waals surface area contributed by atoms with E-state index in [1.54, 1.807) is 0 Å². The third-order valence-corrected chi connectivity index (χ3v) is 6.23. The zero-order valence-electron chi connectivity index (χ0n) is 15.8. The molecule has 1 aromatic rings. The average molecular weight is 346 g/mol. The molecule has 3 fully saturated rings. The standard InChI is InChI=1S/C20H30N2O3/c1-19(2)20(3,4)25-18(24-19)15-5-7-16(8-6-15)21-9-11-22(12-10-21)17-13-23-14-17/h5-8,17-18H,9-14H2,1-4H3. The molecule has 0 amide bonds. The number of anilines is 1. The summed E-state index contributed by atoms with van der Waals surface area (Å²) in [7, 11) is 0. The summed E-state index contributed by atoms with van der Waals surface area (Å²) >= 11 is 0. The van der Waals surface area contributed by atoms with Gasteiger partial charge in [0.25, 0.3) is 0 Å². The van der Waals surface area contributed by atoms with Crippen LogP contribution >= 0.6 is 0 Å². The molecule has 1 aromatic carbocycles. The fraction of sp³-hybridized carbons (Fsp3) is 0.700. The lowest BCUT2D eigenvalue weighted by molar-refractivity contribution is -0.0895. The highest BCUT2D eigenvalue weighted by atomic mass is 16.7. The van der Waals surface area contributed by atoms with E-state index in [9.17, 15) is 0 Å². The smallest absolute Gasteiger partial charge is 0.185 e. The van der Waals surface area contributed by atoms with E-state index in [4.69, 9.17) is 14.2 Å². The summed E-state index contributed by atoms with van der Waals surface area (Å²) in [6.07, 6.45) is -0.283. The maximum absolute atomic E-state index is 6.14. The number of hydrogen-bond donors (Lipinski definition) is 0. The molecule has 5 nitrogen and oxygen atoms in total. The van der Waals surface area contributed by atoms with Gasteiger partial charge >= 0.3 is 0 Å². The number of rotatable bonds is 3. The maximum Gasteiger partial charge on any atom is 0.185 e. The zero-order valence-corrected chi connectivity index (χ0v) is 15.8. The van der Waals surface area contributed by atoms with Gasteiger partial charge in [-0.25, -0.2) is 0 Å². The van der Waals surface area contributed by atoms with Crippen LogP contribution in [0.25, 0.3) is 0 Å². The lowest BCUT2D eigenvalue weighted by Gasteiger charge is -2.43. The third kappa shape index (κ3) is 3.19. The molecule has 0 radical (unpaired) electrons. The van der Waals surface area contributed by atoms with Crippen molar-refractivity contribution in [2.75, 3.05) is 44.3 Å². The van der Waals surface area contributed by atoms with E-state index in [1.165, 1.54) is 5.69 Å². The summed E-state index contributed by atoms with van der Waals surface area (Å²) < 4.78 is 17.6. The van der Waals surface area contributed by atoms with Gasteiger partial charge in [0.05, 0.1) is 30.5 Å². The van der Waals surface area contributed by atoms with Crippen LogP contribution in [0.5, 0.6) is 0 Å². The van der Waals surface area contributed by atoms with Crippen molar-refractivity contribution in [2.45, 2.75) is 51.2 Å². The summed E-state index contributed by atoms with van der Waals surface area (Å²) in [5, 5.41) is 0.